The van der Waals surface area contributed by atoms with Gasteiger partial charge in [0, 0.05) is 25.2 Å². The minimum absolute atomic E-state index is 0.0592. The molecule has 0 saturated heterocycles. The van der Waals surface area contributed by atoms with Gasteiger partial charge in [0.05, 0.1) is 18.9 Å². The van der Waals surface area contributed by atoms with Gasteiger partial charge in [0.1, 0.15) is 0 Å². The summed E-state index contributed by atoms with van der Waals surface area (Å²) in [5.41, 5.74) is 0. The van der Waals surface area contributed by atoms with Crippen LogP contribution in [0.2, 0.25) is 0 Å². The van der Waals surface area contributed by atoms with E-state index in [-0.39, 0.29) is 24.5 Å². The Kier molecular flexibility index (Phi) is 5.61. The van der Waals surface area contributed by atoms with E-state index in [1.165, 1.54) is 0 Å². The number of nitriles is 1. The molecule has 0 aromatic rings. The molecule has 6 nitrogen and oxygen atoms in total. The first-order valence-corrected chi connectivity index (χ1v) is 6.67. The summed E-state index contributed by atoms with van der Waals surface area (Å²) in [6, 6.07) is 1.80. The third-order valence-corrected chi connectivity index (χ3v) is 3.29. The number of hydrogen-bond donors (Lipinski definition) is 1. The number of carboxylic acids is 1. The van der Waals surface area contributed by atoms with Crippen LogP contribution in [0.1, 0.15) is 39.5 Å². The van der Waals surface area contributed by atoms with E-state index < -0.39 is 5.97 Å². The van der Waals surface area contributed by atoms with Crippen LogP contribution in [-0.4, -0.2) is 52.1 Å². The highest BCUT2D eigenvalue weighted by molar-refractivity contribution is 5.76. The SMILES string of the molecule is CCN(C(=O)N(CCC#N)C1CC1)C(C)CC(=O)O. The molecule has 1 atom stereocenters. The second-order valence-electron chi connectivity index (χ2n) is 4.85. The number of nitrogens with zero attached hydrogens (tertiary/aromatic N) is 3. The zero-order chi connectivity index (χ0) is 14.4. The van der Waals surface area contributed by atoms with Crippen LogP contribution in [0.25, 0.3) is 0 Å². The molecule has 6 heteroatoms. The predicted molar refractivity (Wildman–Crippen MR) is 69.4 cm³/mol. The number of rotatable bonds is 7. The quantitative estimate of drug-likeness (QED) is 0.760. The van der Waals surface area contributed by atoms with Crippen molar-refractivity contribution in [2.24, 2.45) is 0 Å². The second-order valence-corrected chi connectivity index (χ2v) is 4.85. The highest BCUT2D eigenvalue weighted by atomic mass is 16.4. The van der Waals surface area contributed by atoms with Crippen molar-refractivity contribution in [1.82, 2.24) is 9.80 Å². The number of carboxylic acid groups (broad SMARTS) is 1. The van der Waals surface area contributed by atoms with Gasteiger partial charge in [-0.3, -0.25) is 4.79 Å². The van der Waals surface area contributed by atoms with E-state index in [4.69, 9.17) is 10.4 Å². The summed E-state index contributed by atoms with van der Waals surface area (Å²) in [6.45, 7) is 4.48. The summed E-state index contributed by atoms with van der Waals surface area (Å²) in [7, 11) is 0. The van der Waals surface area contributed by atoms with E-state index in [0.29, 0.717) is 19.5 Å². The van der Waals surface area contributed by atoms with E-state index in [9.17, 15) is 9.59 Å². The Bertz CT molecular complexity index is 374. The molecule has 106 valence electrons. The fraction of sp³-hybridized carbons (Fsp3) is 0.769. The maximum absolute atomic E-state index is 12.4. The van der Waals surface area contributed by atoms with Gasteiger partial charge in [-0.25, -0.2) is 4.79 Å². The van der Waals surface area contributed by atoms with E-state index in [0.717, 1.165) is 12.8 Å². The number of carbonyl (C=O) groups is 2. The molecule has 0 heterocycles. The molecule has 19 heavy (non-hydrogen) atoms. The summed E-state index contributed by atoms with van der Waals surface area (Å²) in [4.78, 5) is 26.5. The molecule has 0 aromatic heterocycles. The summed E-state index contributed by atoms with van der Waals surface area (Å²) >= 11 is 0. The van der Waals surface area contributed by atoms with E-state index in [2.05, 4.69) is 0 Å². The van der Waals surface area contributed by atoms with E-state index in [1.807, 2.05) is 13.0 Å². The Hall–Kier alpha value is -1.77. The van der Waals surface area contributed by atoms with Gasteiger partial charge in [-0.05, 0) is 26.7 Å². The number of hydrogen-bond acceptors (Lipinski definition) is 3. The number of carbonyl (C=O) groups excluding carboxylic acids is 1. The van der Waals surface area contributed by atoms with Gasteiger partial charge in [0.2, 0.25) is 0 Å². The molecule has 1 unspecified atom stereocenters. The average Bonchev–Trinajstić information content (AvgIpc) is 3.14. The molecule has 1 aliphatic rings. The molecule has 0 bridgehead atoms. The van der Waals surface area contributed by atoms with Crippen LogP contribution in [0.5, 0.6) is 0 Å². The molecular formula is C13H21N3O3. The van der Waals surface area contributed by atoms with Crippen molar-refractivity contribution in [2.75, 3.05) is 13.1 Å². The maximum Gasteiger partial charge on any atom is 0.320 e. The zero-order valence-electron chi connectivity index (χ0n) is 11.5. The summed E-state index contributed by atoms with van der Waals surface area (Å²) < 4.78 is 0. The highest BCUT2D eigenvalue weighted by Gasteiger charge is 2.35. The van der Waals surface area contributed by atoms with Crippen molar-refractivity contribution in [2.45, 2.75) is 51.6 Å². The first kappa shape index (κ1) is 15.3. The predicted octanol–water partition coefficient (Wildman–Crippen LogP) is 1.67. The standard InChI is InChI=1S/C13H21N3O3/c1-3-15(10(2)9-12(17)18)13(19)16(8-4-7-14)11-5-6-11/h10-11H,3-6,8-9H2,1-2H3,(H,17,18). The fourth-order valence-electron chi connectivity index (χ4n) is 2.15. The summed E-state index contributed by atoms with van der Waals surface area (Å²) in [5, 5.41) is 17.5. The molecule has 0 radical (unpaired) electrons. The first-order valence-electron chi connectivity index (χ1n) is 6.67. The van der Waals surface area contributed by atoms with Gasteiger partial charge in [-0.15, -0.1) is 0 Å². The fourth-order valence-corrected chi connectivity index (χ4v) is 2.15. The van der Waals surface area contributed by atoms with E-state index in [1.54, 1.807) is 16.7 Å². The van der Waals surface area contributed by atoms with Crippen LogP contribution in [0.3, 0.4) is 0 Å². The Morgan fingerprint density at radius 1 is 1.47 bits per heavy atom. The van der Waals surface area contributed by atoms with Gasteiger partial charge >= 0.3 is 12.0 Å². The molecule has 2 amide bonds. The Morgan fingerprint density at radius 2 is 2.11 bits per heavy atom. The summed E-state index contributed by atoms with van der Waals surface area (Å²) in [5.74, 6) is -0.909. The topological polar surface area (TPSA) is 84.6 Å². The van der Waals surface area contributed by atoms with Gasteiger partial charge in [0.15, 0.2) is 0 Å². The van der Waals surface area contributed by atoms with Gasteiger partial charge in [-0.2, -0.15) is 5.26 Å². The lowest BCUT2D eigenvalue weighted by Gasteiger charge is -2.33. The van der Waals surface area contributed by atoms with Crippen molar-refractivity contribution in [3.8, 4) is 6.07 Å². The van der Waals surface area contributed by atoms with Gasteiger partial charge < -0.3 is 14.9 Å². The molecular weight excluding hydrogens is 246 g/mol. The molecule has 0 aliphatic heterocycles. The Morgan fingerprint density at radius 3 is 2.53 bits per heavy atom. The van der Waals surface area contributed by atoms with Crippen LogP contribution in [0, 0.1) is 11.3 Å². The molecule has 1 N–H and O–H groups in total. The first-order chi connectivity index (χ1) is 9.01. The lowest BCUT2D eigenvalue weighted by atomic mass is 10.2. The third kappa shape index (κ3) is 4.43. The van der Waals surface area contributed by atoms with Crippen molar-refractivity contribution in [1.29, 1.82) is 5.26 Å². The van der Waals surface area contributed by atoms with Crippen LogP contribution in [0.15, 0.2) is 0 Å². The van der Waals surface area contributed by atoms with Crippen LogP contribution in [0.4, 0.5) is 4.79 Å². The average molecular weight is 267 g/mol. The minimum Gasteiger partial charge on any atom is -0.481 e. The molecule has 1 saturated carbocycles. The lowest BCUT2D eigenvalue weighted by molar-refractivity contribution is -0.138. The minimum atomic E-state index is -0.909. The van der Waals surface area contributed by atoms with Crippen molar-refractivity contribution >= 4 is 12.0 Å². The number of amides is 2. The monoisotopic (exact) mass is 267 g/mol. The molecule has 1 fully saturated rings. The van der Waals surface area contributed by atoms with Crippen molar-refractivity contribution in [3.63, 3.8) is 0 Å². The second kappa shape index (κ2) is 6.98. The smallest absolute Gasteiger partial charge is 0.320 e. The lowest BCUT2D eigenvalue weighted by Crippen LogP contribution is -2.48. The number of aliphatic carboxylic acids is 1. The van der Waals surface area contributed by atoms with Crippen molar-refractivity contribution < 1.29 is 14.7 Å². The van der Waals surface area contributed by atoms with Crippen LogP contribution < -0.4 is 0 Å². The van der Waals surface area contributed by atoms with E-state index >= 15 is 0 Å². The zero-order valence-corrected chi connectivity index (χ0v) is 11.5. The highest BCUT2D eigenvalue weighted by Crippen LogP contribution is 2.28. The molecule has 0 aromatic carbocycles. The Balaban J connectivity index is 2.68. The maximum atomic E-state index is 12.4. The van der Waals surface area contributed by atoms with Gasteiger partial charge in [0.25, 0.3) is 0 Å². The summed E-state index contributed by atoms with van der Waals surface area (Å²) in [6.07, 6.45) is 2.20. The van der Waals surface area contributed by atoms with Crippen LogP contribution >= 0.6 is 0 Å². The largest absolute Gasteiger partial charge is 0.481 e. The normalized spacial score (nSPS) is 15.4. The number of urea groups is 1. The molecule has 0 spiro atoms. The molecule has 1 rings (SSSR count). The Labute approximate surface area is 113 Å². The van der Waals surface area contributed by atoms with Gasteiger partial charge in [-0.1, -0.05) is 0 Å². The third-order valence-electron chi connectivity index (χ3n) is 3.29. The van der Waals surface area contributed by atoms with Crippen molar-refractivity contribution in [3.05, 3.63) is 0 Å². The van der Waals surface area contributed by atoms with Crippen LogP contribution in [-0.2, 0) is 4.79 Å². The molecule has 1 aliphatic carbocycles.